The maximum Gasteiger partial charge on any atom is 0.233 e. The molecule has 1 saturated carbocycles. The largest absolute Gasteiger partial charge is 0.473 e. The summed E-state index contributed by atoms with van der Waals surface area (Å²) in [4.78, 5) is 0. The summed E-state index contributed by atoms with van der Waals surface area (Å²) in [6.45, 7) is 2.25. The zero-order valence-corrected chi connectivity index (χ0v) is 10.3. The lowest BCUT2D eigenvalue weighted by atomic mass is 9.85. The van der Waals surface area contributed by atoms with Gasteiger partial charge in [-0.1, -0.05) is 31.4 Å². The normalized spacial score (nSPS) is 25.4. The molecule has 0 radical (unpaired) electrons. The SMILES string of the molecule is CCC1CCCC(Oc2ccc(Cl)nn2)C1. The average Bonchev–Trinajstić information content (AvgIpc) is 2.32. The lowest BCUT2D eigenvalue weighted by Gasteiger charge is -2.28. The van der Waals surface area contributed by atoms with E-state index in [-0.39, 0.29) is 0 Å². The zero-order valence-electron chi connectivity index (χ0n) is 9.53. The van der Waals surface area contributed by atoms with E-state index in [1.54, 1.807) is 12.1 Å². The highest BCUT2D eigenvalue weighted by atomic mass is 35.5. The van der Waals surface area contributed by atoms with Crippen LogP contribution in [0.4, 0.5) is 0 Å². The lowest BCUT2D eigenvalue weighted by molar-refractivity contribution is 0.116. The maximum absolute atomic E-state index is 5.81. The molecule has 1 heterocycles. The van der Waals surface area contributed by atoms with E-state index in [2.05, 4.69) is 17.1 Å². The Balaban J connectivity index is 1.91. The number of hydrogen-bond donors (Lipinski definition) is 0. The Morgan fingerprint density at radius 1 is 1.38 bits per heavy atom. The predicted molar refractivity (Wildman–Crippen MR) is 63.7 cm³/mol. The van der Waals surface area contributed by atoms with Crippen LogP contribution in [0.1, 0.15) is 39.0 Å². The summed E-state index contributed by atoms with van der Waals surface area (Å²) in [6, 6.07) is 3.49. The maximum atomic E-state index is 5.81. The fourth-order valence-corrected chi connectivity index (χ4v) is 2.36. The summed E-state index contributed by atoms with van der Waals surface area (Å²) in [6.07, 6.45) is 6.40. The second kappa shape index (κ2) is 5.48. The Hall–Kier alpha value is -0.830. The first-order valence-electron chi connectivity index (χ1n) is 5.94. The van der Waals surface area contributed by atoms with Gasteiger partial charge >= 0.3 is 0 Å². The fraction of sp³-hybridized carbons (Fsp3) is 0.667. The van der Waals surface area contributed by atoms with Crippen molar-refractivity contribution >= 4 is 11.6 Å². The molecule has 0 spiro atoms. The van der Waals surface area contributed by atoms with Gasteiger partial charge in [0.05, 0.1) is 0 Å². The Morgan fingerprint density at radius 3 is 2.94 bits per heavy atom. The molecule has 0 saturated heterocycles. The molecule has 1 aliphatic carbocycles. The molecule has 1 fully saturated rings. The minimum Gasteiger partial charge on any atom is -0.473 e. The third kappa shape index (κ3) is 3.08. The van der Waals surface area contributed by atoms with Gasteiger partial charge in [-0.2, -0.15) is 0 Å². The number of ether oxygens (including phenoxy) is 1. The van der Waals surface area contributed by atoms with E-state index in [9.17, 15) is 0 Å². The van der Waals surface area contributed by atoms with Crippen LogP contribution >= 0.6 is 11.6 Å². The molecule has 4 heteroatoms. The molecule has 16 heavy (non-hydrogen) atoms. The monoisotopic (exact) mass is 240 g/mol. The quantitative estimate of drug-likeness (QED) is 0.812. The molecule has 1 aromatic heterocycles. The summed E-state index contributed by atoms with van der Waals surface area (Å²) in [7, 11) is 0. The highest BCUT2D eigenvalue weighted by Crippen LogP contribution is 2.28. The molecule has 2 unspecified atom stereocenters. The summed E-state index contributed by atoms with van der Waals surface area (Å²) in [5.74, 6) is 1.39. The fourth-order valence-electron chi connectivity index (χ4n) is 2.26. The zero-order chi connectivity index (χ0) is 11.4. The molecule has 0 bridgehead atoms. The smallest absolute Gasteiger partial charge is 0.233 e. The lowest BCUT2D eigenvalue weighted by Crippen LogP contribution is -2.25. The Morgan fingerprint density at radius 2 is 2.25 bits per heavy atom. The van der Waals surface area contributed by atoms with Gasteiger partial charge in [0.25, 0.3) is 0 Å². The Labute approximate surface area is 101 Å². The van der Waals surface area contributed by atoms with Crippen LogP contribution in [0, 0.1) is 5.92 Å². The van der Waals surface area contributed by atoms with Crippen LogP contribution in [-0.2, 0) is 0 Å². The first-order valence-corrected chi connectivity index (χ1v) is 6.31. The van der Waals surface area contributed by atoms with Gasteiger partial charge in [-0.25, -0.2) is 0 Å². The minimum atomic E-state index is 0.300. The van der Waals surface area contributed by atoms with Crippen LogP contribution in [-0.4, -0.2) is 16.3 Å². The third-order valence-corrected chi connectivity index (χ3v) is 3.41. The van der Waals surface area contributed by atoms with Crippen LogP contribution in [0.15, 0.2) is 12.1 Å². The van der Waals surface area contributed by atoms with Gasteiger partial charge < -0.3 is 4.74 Å². The highest BCUT2D eigenvalue weighted by Gasteiger charge is 2.22. The first kappa shape index (κ1) is 11.6. The van der Waals surface area contributed by atoms with Gasteiger partial charge in [-0.15, -0.1) is 10.2 Å². The summed E-state index contributed by atoms with van der Waals surface area (Å²) in [5, 5.41) is 8.10. The van der Waals surface area contributed by atoms with Gasteiger partial charge in [0.1, 0.15) is 6.10 Å². The Kier molecular flexibility index (Phi) is 3.99. The van der Waals surface area contributed by atoms with Crippen molar-refractivity contribution in [1.29, 1.82) is 0 Å². The van der Waals surface area contributed by atoms with E-state index in [0.29, 0.717) is 17.1 Å². The average molecular weight is 241 g/mol. The van der Waals surface area contributed by atoms with Crippen molar-refractivity contribution in [3.63, 3.8) is 0 Å². The van der Waals surface area contributed by atoms with Gasteiger partial charge in [-0.3, -0.25) is 0 Å². The summed E-state index contributed by atoms with van der Waals surface area (Å²) >= 11 is 5.67. The number of rotatable bonds is 3. The van der Waals surface area contributed by atoms with Crippen molar-refractivity contribution in [2.45, 2.75) is 45.1 Å². The van der Waals surface area contributed by atoms with Crippen molar-refractivity contribution in [1.82, 2.24) is 10.2 Å². The minimum absolute atomic E-state index is 0.300. The summed E-state index contributed by atoms with van der Waals surface area (Å²) < 4.78 is 5.81. The predicted octanol–water partition coefficient (Wildman–Crippen LogP) is 3.48. The van der Waals surface area contributed by atoms with E-state index >= 15 is 0 Å². The molecule has 2 atom stereocenters. The van der Waals surface area contributed by atoms with E-state index in [1.165, 1.54) is 19.3 Å². The second-order valence-electron chi connectivity index (χ2n) is 4.38. The molecular weight excluding hydrogens is 224 g/mol. The van der Waals surface area contributed by atoms with Crippen LogP contribution in [0.25, 0.3) is 0 Å². The number of halogens is 1. The molecule has 0 aromatic carbocycles. The molecular formula is C12H17ClN2O. The van der Waals surface area contributed by atoms with Crippen molar-refractivity contribution in [3.8, 4) is 5.88 Å². The number of nitrogens with zero attached hydrogens (tertiary/aromatic N) is 2. The van der Waals surface area contributed by atoms with Gasteiger partial charge in [0, 0.05) is 6.07 Å². The Bertz CT molecular complexity index is 328. The molecule has 0 amide bonds. The molecule has 1 aromatic rings. The van der Waals surface area contributed by atoms with Crippen molar-refractivity contribution < 1.29 is 4.74 Å². The van der Waals surface area contributed by atoms with Gasteiger partial charge in [-0.05, 0) is 31.2 Å². The first-order chi connectivity index (χ1) is 7.78. The molecule has 0 aliphatic heterocycles. The second-order valence-corrected chi connectivity index (χ2v) is 4.76. The topological polar surface area (TPSA) is 35.0 Å². The molecule has 1 aliphatic rings. The molecule has 3 nitrogen and oxygen atoms in total. The van der Waals surface area contributed by atoms with Gasteiger partial charge in [0.15, 0.2) is 5.15 Å². The van der Waals surface area contributed by atoms with Crippen LogP contribution in [0.3, 0.4) is 0 Å². The van der Waals surface area contributed by atoms with E-state index in [0.717, 1.165) is 18.8 Å². The van der Waals surface area contributed by atoms with Crippen molar-refractivity contribution in [2.24, 2.45) is 5.92 Å². The van der Waals surface area contributed by atoms with Crippen molar-refractivity contribution in [2.75, 3.05) is 0 Å². The molecule has 0 N–H and O–H groups in total. The highest BCUT2D eigenvalue weighted by molar-refractivity contribution is 6.29. The van der Waals surface area contributed by atoms with Crippen molar-refractivity contribution in [3.05, 3.63) is 17.3 Å². The van der Waals surface area contributed by atoms with E-state index < -0.39 is 0 Å². The summed E-state index contributed by atoms with van der Waals surface area (Å²) in [5.41, 5.74) is 0. The standard InChI is InChI=1S/C12H17ClN2O/c1-2-9-4-3-5-10(8-9)16-12-7-6-11(13)14-15-12/h6-7,9-10H,2-5,8H2,1H3. The number of aromatic nitrogens is 2. The molecule has 2 rings (SSSR count). The number of hydrogen-bond acceptors (Lipinski definition) is 3. The van der Waals surface area contributed by atoms with Gasteiger partial charge in [0.2, 0.25) is 5.88 Å². The van der Waals surface area contributed by atoms with Crippen LogP contribution in [0.2, 0.25) is 5.15 Å². The van der Waals surface area contributed by atoms with E-state index in [1.807, 2.05) is 0 Å². The van der Waals surface area contributed by atoms with E-state index in [4.69, 9.17) is 16.3 Å². The third-order valence-electron chi connectivity index (χ3n) is 3.21. The van der Waals surface area contributed by atoms with Crippen LogP contribution in [0.5, 0.6) is 5.88 Å². The van der Waals surface area contributed by atoms with Crippen LogP contribution < -0.4 is 4.74 Å². The molecule has 88 valence electrons.